The molecule has 0 spiro atoms. The highest BCUT2D eigenvalue weighted by Gasteiger charge is 2.17. The average Bonchev–Trinajstić information content (AvgIpc) is 2.31. The summed E-state index contributed by atoms with van der Waals surface area (Å²) >= 11 is 0. The van der Waals surface area contributed by atoms with E-state index in [1.54, 1.807) is 6.33 Å². The van der Waals surface area contributed by atoms with E-state index in [1.165, 1.54) is 0 Å². The summed E-state index contributed by atoms with van der Waals surface area (Å²) in [4.78, 5) is 21.8. The lowest BCUT2D eigenvalue weighted by Crippen LogP contribution is -2.34. The summed E-state index contributed by atoms with van der Waals surface area (Å²) in [6.45, 7) is 3.73. The zero-order valence-corrected chi connectivity index (χ0v) is 9.65. The number of hydrogen-bond acceptors (Lipinski definition) is 4. The lowest BCUT2D eigenvalue weighted by atomic mass is 10.1. The van der Waals surface area contributed by atoms with Crippen molar-refractivity contribution < 1.29 is 4.79 Å². The molecule has 2 rings (SSSR count). The third-order valence-corrected chi connectivity index (χ3v) is 2.86. The molecule has 0 radical (unpaired) electrons. The largest absolute Gasteiger partial charge is 0.356 e. The molecule has 0 bridgehead atoms. The van der Waals surface area contributed by atoms with Gasteiger partial charge >= 0.3 is 0 Å². The number of carbonyl (C=O) groups excluding carboxylic acids is 1. The van der Waals surface area contributed by atoms with Crippen molar-refractivity contribution >= 4 is 11.6 Å². The van der Waals surface area contributed by atoms with Crippen molar-refractivity contribution in [2.75, 3.05) is 18.0 Å². The van der Waals surface area contributed by atoms with Crippen LogP contribution in [0.4, 0.5) is 5.82 Å². The molecule has 0 unspecified atom stereocenters. The smallest absolute Gasteiger partial charge is 0.136 e. The lowest BCUT2D eigenvalue weighted by molar-refractivity contribution is -0.119. The van der Waals surface area contributed by atoms with E-state index in [0.29, 0.717) is 18.6 Å². The van der Waals surface area contributed by atoms with E-state index in [4.69, 9.17) is 0 Å². The first-order valence-electron chi connectivity index (χ1n) is 5.87. The third-order valence-electron chi connectivity index (χ3n) is 2.86. The van der Waals surface area contributed by atoms with Gasteiger partial charge in [-0.15, -0.1) is 0 Å². The van der Waals surface area contributed by atoms with E-state index in [-0.39, 0.29) is 0 Å². The van der Waals surface area contributed by atoms with Gasteiger partial charge in [0.15, 0.2) is 0 Å². The van der Waals surface area contributed by atoms with Crippen LogP contribution in [0.2, 0.25) is 0 Å². The zero-order chi connectivity index (χ0) is 11.4. The van der Waals surface area contributed by atoms with E-state index in [1.807, 2.05) is 6.07 Å². The molecule has 1 saturated heterocycles. The number of carbonyl (C=O) groups is 1. The van der Waals surface area contributed by atoms with Crippen LogP contribution in [0.3, 0.4) is 0 Å². The molecule has 86 valence electrons. The Bertz CT molecular complexity index is 368. The van der Waals surface area contributed by atoms with E-state index < -0.39 is 0 Å². The minimum Gasteiger partial charge on any atom is -0.356 e. The van der Waals surface area contributed by atoms with Crippen LogP contribution < -0.4 is 4.90 Å². The Labute approximate surface area is 95.7 Å². The van der Waals surface area contributed by atoms with Gasteiger partial charge in [0.25, 0.3) is 0 Å². The monoisotopic (exact) mass is 219 g/mol. The van der Waals surface area contributed by atoms with Crippen LogP contribution in [0.1, 0.15) is 31.9 Å². The summed E-state index contributed by atoms with van der Waals surface area (Å²) in [7, 11) is 0. The number of piperidine rings is 1. The second-order valence-corrected chi connectivity index (χ2v) is 4.14. The molecule has 4 nitrogen and oxygen atoms in total. The van der Waals surface area contributed by atoms with E-state index in [2.05, 4.69) is 21.8 Å². The van der Waals surface area contributed by atoms with E-state index in [0.717, 1.165) is 37.4 Å². The van der Waals surface area contributed by atoms with Crippen LogP contribution in [0.5, 0.6) is 0 Å². The Hall–Kier alpha value is -1.45. The highest BCUT2D eigenvalue weighted by atomic mass is 16.1. The normalized spacial score (nSPS) is 16.6. The fourth-order valence-corrected chi connectivity index (χ4v) is 1.94. The van der Waals surface area contributed by atoms with Gasteiger partial charge in [-0.05, 0) is 6.42 Å². The predicted octanol–water partition coefficient (Wildman–Crippen LogP) is 1.60. The van der Waals surface area contributed by atoms with Crippen molar-refractivity contribution in [1.29, 1.82) is 0 Å². The molecule has 0 aliphatic carbocycles. The van der Waals surface area contributed by atoms with Gasteiger partial charge in [0.05, 0.1) is 0 Å². The first-order valence-corrected chi connectivity index (χ1v) is 5.87. The molecule has 4 heteroatoms. The molecular formula is C12H17N3O. The molecule has 0 amide bonds. The molecule has 1 aromatic heterocycles. The maximum absolute atomic E-state index is 11.1. The number of Topliss-reactive ketones (excluding diaryl/α,β-unsaturated/α-hetero) is 1. The zero-order valence-electron chi connectivity index (χ0n) is 9.65. The van der Waals surface area contributed by atoms with E-state index in [9.17, 15) is 4.79 Å². The van der Waals surface area contributed by atoms with Crippen LogP contribution in [-0.2, 0) is 11.2 Å². The first kappa shape index (κ1) is 11.0. The number of aryl methyl sites for hydroxylation is 1. The molecule has 16 heavy (non-hydrogen) atoms. The summed E-state index contributed by atoms with van der Waals surface area (Å²) in [5.74, 6) is 1.32. The second kappa shape index (κ2) is 5.05. The molecule has 1 aliphatic rings. The third kappa shape index (κ3) is 2.56. The van der Waals surface area contributed by atoms with Crippen molar-refractivity contribution in [3.8, 4) is 0 Å². The summed E-state index contributed by atoms with van der Waals surface area (Å²) in [6.07, 6.45) is 4.99. The van der Waals surface area contributed by atoms with Crippen LogP contribution in [0, 0.1) is 0 Å². The highest BCUT2D eigenvalue weighted by molar-refractivity contribution is 5.80. The summed E-state index contributed by atoms with van der Waals surface area (Å²) < 4.78 is 0. The minimum absolute atomic E-state index is 0.360. The van der Waals surface area contributed by atoms with Crippen LogP contribution in [0.25, 0.3) is 0 Å². The fourth-order valence-electron chi connectivity index (χ4n) is 1.94. The fraction of sp³-hybridized carbons (Fsp3) is 0.583. The maximum Gasteiger partial charge on any atom is 0.136 e. The number of rotatable bonds is 3. The number of ketones is 1. The second-order valence-electron chi connectivity index (χ2n) is 4.14. The standard InChI is InChI=1S/C12H17N3O/c1-2-3-10-8-12(14-9-13-10)15-6-4-11(16)5-7-15/h8-9H,2-7H2,1H3. The number of anilines is 1. The van der Waals surface area contributed by atoms with Gasteiger partial charge in [0, 0.05) is 37.7 Å². The summed E-state index contributed by atoms with van der Waals surface area (Å²) in [6, 6.07) is 2.04. The average molecular weight is 219 g/mol. The molecule has 0 atom stereocenters. The van der Waals surface area contributed by atoms with Crippen LogP contribution in [0.15, 0.2) is 12.4 Å². The topological polar surface area (TPSA) is 46.1 Å². The number of aromatic nitrogens is 2. The summed E-state index contributed by atoms with van der Waals surface area (Å²) in [5.41, 5.74) is 1.09. The van der Waals surface area contributed by atoms with Gasteiger partial charge in [0.2, 0.25) is 0 Å². The van der Waals surface area contributed by atoms with Crippen molar-refractivity contribution in [1.82, 2.24) is 9.97 Å². The van der Waals surface area contributed by atoms with Gasteiger partial charge in [-0.2, -0.15) is 0 Å². The number of hydrogen-bond donors (Lipinski definition) is 0. The minimum atomic E-state index is 0.360. The van der Waals surface area contributed by atoms with E-state index >= 15 is 0 Å². The SMILES string of the molecule is CCCc1cc(N2CCC(=O)CC2)ncn1. The molecule has 0 N–H and O–H groups in total. The van der Waals surface area contributed by atoms with Crippen LogP contribution in [-0.4, -0.2) is 28.8 Å². The maximum atomic E-state index is 11.1. The van der Waals surface area contributed by atoms with Crippen molar-refractivity contribution in [3.63, 3.8) is 0 Å². The van der Waals surface area contributed by atoms with Gasteiger partial charge < -0.3 is 4.90 Å². The predicted molar refractivity (Wildman–Crippen MR) is 62.5 cm³/mol. The molecule has 0 aromatic carbocycles. The Morgan fingerprint density at radius 1 is 1.31 bits per heavy atom. The Balaban J connectivity index is 2.08. The lowest BCUT2D eigenvalue weighted by Gasteiger charge is -2.27. The number of nitrogens with zero attached hydrogens (tertiary/aromatic N) is 3. The van der Waals surface area contributed by atoms with Gasteiger partial charge in [-0.1, -0.05) is 13.3 Å². The molecular weight excluding hydrogens is 202 g/mol. The quantitative estimate of drug-likeness (QED) is 0.774. The van der Waals surface area contributed by atoms with Gasteiger partial charge in [0.1, 0.15) is 17.9 Å². The Kier molecular flexibility index (Phi) is 3.49. The van der Waals surface area contributed by atoms with Crippen molar-refractivity contribution in [2.45, 2.75) is 32.6 Å². The Morgan fingerprint density at radius 3 is 2.75 bits per heavy atom. The highest BCUT2D eigenvalue weighted by Crippen LogP contribution is 2.16. The van der Waals surface area contributed by atoms with Gasteiger partial charge in [-0.3, -0.25) is 4.79 Å². The van der Waals surface area contributed by atoms with Crippen molar-refractivity contribution in [3.05, 3.63) is 18.1 Å². The van der Waals surface area contributed by atoms with Gasteiger partial charge in [-0.25, -0.2) is 9.97 Å². The molecule has 0 saturated carbocycles. The molecule has 2 heterocycles. The van der Waals surface area contributed by atoms with Crippen molar-refractivity contribution in [2.24, 2.45) is 0 Å². The molecule has 1 aliphatic heterocycles. The summed E-state index contributed by atoms with van der Waals surface area (Å²) in [5, 5.41) is 0. The molecule has 1 fully saturated rings. The first-order chi connectivity index (χ1) is 7.79. The Morgan fingerprint density at radius 2 is 2.06 bits per heavy atom. The molecule has 1 aromatic rings. The van der Waals surface area contributed by atoms with Crippen LogP contribution >= 0.6 is 0 Å².